The van der Waals surface area contributed by atoms with Gasteiger partial charge in [0.25, 0.3) is 0 Å². The molecule has 0 aliphatic heterocycles. The van der Waals surface area contributed by atoms with Crippen LogP contribution in [0.3, 0.4) is 0 Å². The van der Waals surface area contributed by atoms with E-state index in [2.05, 4.69) is 24.1 Å². The highest BCUT2D eigenvalue weighted by Crippen LogP contribution is 2.32. The van der Waals surface area contributed by atoms with Crippen molar-refractivity contribution >= 4 is 29.1 Å². The lowest BCUT2D eigenvalue weighted by molar-refractivity contribution is -0.148. The van der Waals surface area contributed by atoms with Crippen LogP contribution in [0.1, 0.15) is 95.2 Å². The number of nitrogens with zero attached hydrogens (tertiary/aromatic N) is 3. The number of carbonyl (C=O) groups excluding carboxylic acids is 3. The van der Waals surface area contributed by atoms with E-state index in [-0.39, 0.29) is 36.7 Å². The maximum absolute atomic E-state index is 14.6. The lowest BCUT2D eigenvalue weighted by Crippen LogP contribution is -2.54. The number of carbonyl (C=O) groups is 3. The summed E-state index contributed by atoms with van der Waals surface area (Å²) in [6.45, 7) is 6.05. The lowest BCUT2D eigenvalue weighted by Gasteiger charge is -2.39. The molecule has 1 aromatic carbocycles. The normalized spacial score (nSPS) is 16.7. The van der Waals surface area contributed by atoms with E-state index >= 15 is 0 Å². The summed E-state index contributed by atoms with van der Waals surface area (Å²) in [6, 6.07) is 9.02. The summed E-state index contributed by atoms with van der Waals surface area (Å²) in [7, 11) is 3.36. The smallest absolute Gasteiger partial charge is 0.241 e. The van der Waals surface area contributed by atoms with Crippen molar-refractivity contribution in [1.29, 1.82) is 0 Å². The summed E-state index contributed by atoms with van der Waals surface area (Å²) in [5, 5.41) is 17.3. The quantitative estimate of drug-likeness (QED) is 0.256. The molecule has 1 saturated carbocycles. The number of likely N-dealkylation sites (N-methyl/N-ethyl adjacent to an activating group) is 1. The van der Waals surface area contributed by atoms with Crippen molar-refractivity contribution in [3.8, 4) is 0 Å². The second-order valence-electron chi connectivity index (χ2n) is 12.8. The van der Waals surface area contributed by atoms with Crippen LogP contribution in [0.2, 0.25) is 0 Å². The molecular formula is C34H52N4O4S. The number of benzene rings is 1. The Morgan fingerprint density at radius 2 is 1.74 bits per heavy atom. The van der Waals surface area contributed by atoms with Crippen LogP contribution in [-0.4, -0.2) is 70.4 Å². The standard InChI is InChI=1S/C34H52N4O4S/c1-24(2)16-17-30(39)29(20-26-12-8-6-9-13-26)38(23-33(41)37(4)5)34(42)28(22-32-35-18-19-43-32)21-31(40)36-25(3)27-14-10-7-11-15-27/h7,10-11,14-15,18-19,24-26,28-30,39H,6,8-9,12-13,16-17,20-23H2,1-5H3,(H,36,40)/t25-,28-,29-,30-/m0/s1. The first kappa shape index (κ1) is 34.7. The van der Waals surface area contributed by atoms with Crippen molar-refractivity contribution in [2.24, 2.45) is 17.8 Å². The van der Waals surface area contributed by atoms with Gasteiger partial charge in [-0.05, 0) is 43.6 Å². The molecule has 8 nitrogen and oxygen atoms in total. The SMILES string of the molecule is CC(C)CC[C@H](O)[C@H](CC1CCCCC1)N(CC(=O)N(C)C)C(=O)[C@@H](CC(=O)N[C@@H](C)c1ccccc1)Cc1nccs1. The number of rotatable bonds is 16. The van der Waals surface area contributed by atoms with Gasteiger partial charge in [-0.15, -0.1) is 11.3 Å². The molecule has 0 spiro atoms. The second kappa shape index (κ2) is 17.5. The number of hydrogen-bond acceptors (Lipinski definition) is 6. The third-order valence-electron chi connectivity index (χ3n) is 8.63. The van der Waals surface area contributed by atoms with Crippen LogP contribution in [-0.2, 0) is 20.8 Å². The third kappa shape index (κ3) is 11.3. The zero-order valence-electron chi connectivity index (χ0n) is 26.7. The van der Waals surface area contributed by atoms with Gasteiger partial charge in [-0.1, -0.05) is 76.3 Å². The Bertz CT molecular complexity index is 1120. The van der Waals surface area contributed by atoms with Gasteiger partial charge in [-0.2, -0.15) is 0 Å². The fraction of sp³-hybridized carbons (Fsp3) is 0.647. The Hall–Kier alpha value is -2.78. The van der Waals surface area contributed by atoms with Gasteiger partial charge in [-0.3, -0.25) is 14.4 Å². The molecule has 1 aromatic heterocycles. The van der Waals surface area contributed by atoms with Crippen LogP contribution in [0, 0.1) is 17.8 Å². The van der Waals surface area contributed by atoms with E-state index in [1.54, 1.807) is 25.2 Å². The summed E-state index contributed by atoms with van der Waals surface area (Å²) >= 11 is 1.45. The highest BCUT2D eigenvalue weighted by atomic mass is 32.1. The minimum atomic E-state index is -0.754. The summed E-state index contributed by atoms with van der Waals surface area (Å²) < 4.78 is 0. The molecule has 3 rings (SSSR count). The molecule has 0 radical (unpaired) electrons. The summed E-state index contributed by atoms with van der Waals surface area (Å²) in [6.07, 6.45) is 8.92. The molecule has 2 aromatic rings. The number of aliphatic hydroxyl groups excluding tert-OH is 1. The van der Waals surface area contributed by atoms with Gasteiger partial charge in [0.15, 0.2) is 0 Å². The van der Waals surface area contributed by atoms with Gasteiger partial charge in [0, 0.05) is 38.5 Å². The minimum absolute atomic E-state index is 0.0273. The van der Waals surface area contributed by atoms with Crippen LogP contribution >= 0.6 is 11.3 Å². The fourth-order valence-electron chi connectivity index (χ4n) is 5.99. The molecule has 0 saturated heterocycles. The molecule has 1 heterocycles. The van der Waals surface area contributed by atoms with Crippen LogP contribution in [0.5, 0.6) is 0 Å². The molecular weight excluding hydrogens is 560 g/mol. The maximum Gasteiger partial charge on any atom is 0.241 e. The molecule has 43 heavy (non-hydrogen) atoms. The van der Waals surface area contributed by atoms with Crippen LogP contribution in [0.15, 0.2) is 41.9 Å². The number of hydrogen-bond donors (Lipinski definition) is 2. The first-order valence-corrected chi connectivity index (χ1v) is 16.8. The molecule has 238 valence electrons. The van der Waals surface area contributed by atoms with E-state index in [1.165, 1.54) is 22.7 Å². The third-order valence-corrected chi connectivity index (χ3v) is 9.44. The summed E-state index contributed by atoms with van der Waals surface area (Å²) in [5.41, 5.74) is 0.984. The van der Waals surface area contributed by atoms with Crippen molar-refractivity contribution in [2.45, 2.75) is 103 Å². The van der Waals surface area contributed by atoms with E-state index in [0.29, 0.717) is 31.1 Å². The Morgan fingerprint density at radius 3 is 2.35 bits per heavy atom. The average molecular weight is 613 g/mol. The zero-order valence-corrected chi connectivity index (χ0v) is 27.5. The Kier molecular flexibility index (Phi) is 14.1. The van der Waals surface area contributed by atoms with Gasteiger partial charge in [-0.25, -0.2) is 4.98 Å². The summed E-state index contributed by atoms with van der Waals surface area (Å²) in [5.74, 6) is -0.606. The molecule has 9 heteroatoms. The van der Waals surface area contributed by atoms with Gasteiger partial charge >= 0.3 is 0 Å². The number of aromatic nitrogens is 1. The Morgan fingerprint density at radius 1 is 1.05 bits per heavy atom. The van der Waals surface area contributed by atoms with Crippen LogP contribution in [0.25, 0.3) is 0 Å². The second-order valence-corrected chi connectivity index (χ2v) is 13.8. The molecule has 0 bridgehead atoms. The monoisotopic (exact) mass is 612 g/mol. The number of aliphatic hydroxyl groups is 1. The highest BCUT2D eigenvalue weighted by Gasteiger charge is 2.38. The first-order valence-electron chi connectivity index (χ1n) is 16.0. The van der Waals surface area contributed by atoms with Crippen molar-refractivity contribution in [1.82, 2.24) is 20.1 Å². The minimum Gasteiger partial charge on any atom is -0.391 e. The topological polar surface area (TPSA) is 103 Å². The maximum atomic E-state index is 14.6. The van der Waals surface area contributed by atoms with Crippen molar-refractivity contribution in [2.75, 3.05) is 20.6 Å². The highest BCUT2D eigenvalue weighted by molar-refractivity contribution is 7.09. The van der Waals surface area contributed by atoms with Crippen LogP contribution < -0.4 is 5.32 Å². The van der Waals surface area contributed by atoms with E-state index in [4.69, 9.17) is 0 Å². The Balaban J connectivity index is 1.92. The molecule has 3 amide bonds. The van der Waals surface area contributed by atoms with Gasteiger partial charge in [0.2, 0.25) is 17.7 Å². The molecule has 1 aliphatic carbocycles. The molecule has 0 unspecified atom stereocenters. The largest absolute Gasteiger partial charge is 0.391 e. The lowest BCUT2D eigenvalue weighted by atomic mass is 9.82. The molecule has 1 fully saturated rings. The molecule has 4 atom stereocenters. The van der Waals surface area contributed by atoms with Crippen molar-refractivity contribution < 1.29 is 19.5 Å². The van der Waals surface area contributed by atoms with E-state index in [1.807, 2.05) is 42.6 Å². The van der Waals surface area contributed by atoms with E-state index in [0.717, 1.165) is 42.7 Å². The average Bonchev–Trinajstić information content (AvgIpc) is 3.51. The first-order chi connectivity index (χ1) is 20.5. The fourth-order valence-corrected chi connectivity index (χ4v) is 6.69. The van der Waals surface area contributed by atoms with Gasteiger partial charge in [0.05, 0.1) is 29.1 Å². The summed E-state index contributed by atoms with van der Waals surface area (Å²) in [4.78, 5) is 48.7. The predicted molar refractivity (Wildman–Crippen MR) is 172 cm³/mol. The zero-order chi connectivity index (χ0) is 31.4. The van der Waals surface area contributed by atoms with Crippen molar-refractivity contribution in [3.05, 3.63) is 52.5 Å². The van der Waals surface area contributed by atoms with E-state index in [9.17, 15) is 19.5 Å². The van der Waals surface area contributed by atoms with Gasteiger partial charge in [0.1, 0.15) is 6.54 Å². The van der Waals surface area contributed by atoms with E-state index < -0.39 is 18.1 Å². The van der Waals surface area contributed by atoms with Crippen LogP contribution in [0.4, 0.5) is 0 Å². The molecule has 1 aliphatic rings. The number of nitrogens with one attached hydrogen (secondary N) is 1. The molecule has 2 N–H and O–H groups in total. The van der Waals surface area contributed by atoms with Crippen molar-refractivity contribution in [3.63, 3.8) is 0 Å². The van der Waals surface area contributed by atoms with Gasteiger partial charge < -0.3 is 20.2 Å². The predicted octanol–water partition coefficient (Wildman–Crippen LogP) is 5.62. The number of thiazole rings is 1. The number of amides is 3. The Labute approximate surface area is 262 Å².